The summed E-state index contributed by atoms with van der Waals surface area (Å²) in [5.41, 5.74) is 0.795. The van der Waals surface area contributed by atoms with Crippen molar-refractivity contribution in [3.8, 4) is 17.2 Å². The third-order valence-corrected chi connectivity index (χ3v) is 5.12. The fourth-order valence-corrected chi connectivity index (χ4v) is 3.81. The van der Waals surface area contributed by atoms with Crippen LogP contribution in [0, 0.1) is 0 Å². The summed E-state index contributed by atoms with van der Waals surface area (Å²) < 4.78 is 16.7. The lowest BCUT2D eigenvalue weighted by Gasteiger charge is -2.15. The summed E-state index contributed by atoms with van der Waals surface area (Å²) in [6, 6.07) is 5.53. The van der Waals surface area contributed by atoms with E-state index in [-0.39, 0.29) is 5.38 Å². The molecule has 0 N–H and O–H groups in total. The average molecular weight is 345 g/mol. The van der Waals surface area contributed by atoms with Crippen molar-refractivity contribution < 1.29 is 14.2 Å². The maximum atomic E-state index is 6.60. The molecule has 3 rings (SSSR count). The monoisotopic (exact) mass is 344 g/mol. The van der Waals surface area contributed by atoms with Gasteiger partial charge in [-0.1, -0.05) is 11.6 Å². The number of benzene rings is 1. The first kappa shape index (κ1) is 14.8. The lowest BCUT2D eigenvalue weighted by molar-refractivity contribution is 0.297. The number of hydrogen-bond acceptors (Lipinski definition) is 4. The van der Waals surface area contributed by atoms with E-state index in [2.05, 4.69) is 0 Å². The molecule has 21 heavy (non-hydrogen) atoms. The van der Waals surface area contributed by atoms with Crippen LogP contribution in [-0.4, -0.2) is 20.3 Å². The molecule has 0 amide bonds. The van der Waals surface area contributed by atoms with Gasteiger partial charge in [-0.3, -0.25) is 0 Å². The zero-order valence-electron chi connectivity index (χ0n) is 11.4. The molecule has 112 valence electrons. The Kier molecular flexibility index (Phi) is 4.48. The normalized spacial score (nSPS) is 15.4. The van der Waals surface area contributed by atoms with E-state index in [0.717, 1.165) is 22.6 Å². The molecule has 6 heteroatoms. The van der Waals surface area contributed by atoms with Gasteiger partial charge < -0.3 is 14.2 Å². The molecule has 1 unspecified atom stereocenters. The van der Waals surface area contributed by atoms with E-state index in [1.807, 2.05) is 17.5 Å². The summed E-state index contributed by atoms with van der Waals surface area (Å²) in [6.45, 7) is 1.26. The largest absolute Gasteiger partial charge is 0.496 e. The smallest absolute Gasteiger partial charge is 0.162 e. The maximum absolute atomic E-state index is 6.60. The molecule has 1 aliphatic rings. The van der Waals surface area contributed by atoms with Crippen molar-refractivity contribution >= 4 is 34.5 Å². The summed E-state index contributed by atoms with van der Waals surface area (Å²) in [5.74, 6) is 2.12. The lowest BCUT2D eigenvalue weighted by Crippen LogP contribution is -1.98. The second kappa shape index (κ2) is 6.34. The predicted molar refractivity (Wildman–Crippen MR) is 85.6 cm³/mol. The van der Waals surface area contributed by atoms with Crippen molar-refractivity contribution in [2.75, 3.05) is 20.3 Å². The van der Waals surface area contributed by atoms with Gasteiger partial charge in [0.15, 0.2) is 11.5 Å². The topological polar surface area (TPSA) is 27.7 Å². The van der Waals surface area contributed by atoms with E-state index >= 15 is 0 Å². The number of alkyl halides is 1. The Balaban J connectivity index is 2.00. The van der Waals surface area contributed by atoms with Crippen LogP contribution in [0.2, 0.25) is 5.02 Å². The van der Waals surface area contributed by atoms with Crippen molar-refractivity contribution in [2.24, 2.45) is 0 Å². The summed E-state index contributed by atoms with van der Waals surface area (Å²) in [6.07, 6.45) is 0.852. The molecule has 3 nitrogen and oxygen atoms in total. The molecule has 0 saturated carbocycles. The number of rotatable bonds is 3. The van der Waals surface area contributed by atoms with Crippen LogP contribution in [0.25, 0.3) is 0 Å². The van der Waals surface area contributed by atoms with Gasteiger partial charge >= 0.3 is 0 Å². The van der Waals surface area contributed by atoms with Crippen LogP contribution in [-0.2, 0) is 0 Å². The first-order valence-corrected chi connectivity index (χ1v) is 8.24. The van der Waals surface area contributed by atoms with Gasteiger partial charge in [0.1, 0.15) is 5.75 Å². The van der Waals surface area contributed by atoms with Crippen LogP contribution < -0.4 is 14.2 Å². The molecule has 0 bridgehead atoms. The minimum atomic E-state index is -0.385. The van der Waals surface area contributed by atoms with E-state index in [9.17, 15) is 0 Å². The SMILES string of the molecule is COc1ccsc1C(Cl)c1cc2c(cc1Cl)OCCCO2. The maximum Gasteiger partial charge on any atom is 0.162 e. The van der Waals surface area contributed by atoms with Crippen LogP contribution in [0.3, 0.4) is 0 Å². The van der Waals surface area contributed by atoms with Crippen LogP contribution in [0.1, 0.15) is 22.2 Å². The molecule has 0 fully saturated rings. The van der Waals surface area contributed by atoms with Gasteiger partial charge in [-0.15, -0.1) is 22.9 Å². The average Bonchev–Trinajstić information content (AvgIpc) is 2.85. The first-order valence-electron chi connectivity index (χ1n) is 6.55. The van der Waals surface area contributed by atoms with Crippen molar-refractivity contribution in [1.82, 2.24) is 0 Å². The highest BCUT2D eigenvalue weighted by atomic mass is 35.5. The first-order chi connectivity index (χ1) is 10.2. The summed E-state index contributed by atoms with van der Waals surface area (Å²) in [4.78, 5) is 0.926. The molecule has 2 aromatic rings. The molecule has 1 aromatic carbocycles. The number of thiophene rings is 1. The highest BCUT2D eigenvalue weighted by molar-refractivity contribution is 7.10. The number of hydrogen-bond donors (Lipinski definition) is 0. The van der Waals surface area contributed by atoms with Gasteiger partial charge in [0.05, 0.1) is 30.6 Å². The van der Waals surface area contributed by atoms with Crippen molar-refractivity contribution in [2.45, 2.75) is 11.8 Å². The summed E-state index contributed by atoms with van der Waals surface area (Å²) in [5, 5.41) is 2.12. The zero-order valence-corrected chi connectivity index (χ0v) is 13.7. The molecule has 1 aliphatic heterocycles. The molecular formula is C15H14Cl2O3S. The van der Waals surface area contributed by atoms with E-state index < -0.39 is 0 Å². The van der Waals surface area contributed by atoms with Gasteiger partial charge in [-0.05, 0) is 23.1 Å². The molecular weight excluding hydrogens is 331 g/mol. The van der Waals surface area contributed by atoms with Gasteiger partial charge in [-0.2, -0.15) is 0 Å². The molecule has 2 heterocycles. The molecule has 0 spiro atoms. The summed E-state index contributed by atoms with van der Waals surface area (Å²) in [7, 11) is 1.63. The Bertz CT molecular complexity index is 642. The minimum Gasteiger partial charge on any atom is -0.496 e. The van der Waals surface area contributed by atoms with E-state index in [4.69, 9.17) is 37.4 Å². The second-order valence-corrected chi connectivity index (χ2v) is 6.38. The Hall–Kier alpha value is -1.10. The van der Waals surface area contributed by atoms with Crippen molar-refractivity contribution in [1.29, 1.82) is 0 Å². The fraction of sp³-hybridized carbons (Fsp3) is 0.333. The Morgan fingerprint density at radius 2 is 1.95 bits per heavy atom. The third-order valence-electron chi connectivity index (χ3n) is 3.25. The van der Waals surface area contributed by atoms with E-state index in [0.29, 0.717) is 29.7 Å². The molecule has 1 aromatic heterocycles. The van der Waals surface area contributed by atoms with Crippen LogP contribution >= 0.6 is 34.5 Å². The van der Waals surface area contributed by atoms with Crippen LogP contribution in [0.5, 0.6) is 17.2 Å². The quantitative estimate of drug-likeness (QED) is 0.741. The molecule has 0 radical (unpaired) electrons. The third kappa shape index (κ3) is 2.93. The number of ether oxygens (including phenoxy) is 3. The number of halogens is 2. The Morgan fingerprint density at radius 1 is 1.24 bits per heavy atom. The fourth-order valence-electron chi connectivity index (χ4n) is 2.20. The van der Waals surface area contributed by atoms with E-state index in [1.54, 1.807) is 13.2 Å². The molecule has 0 aliphatic carbocycles. The predicted octanol–water partition coefficient (Wildman–Crippen LogP) is 4.90. The van der Waals surface area contributed by atoms with Crippen LogP contribution in [0.4, 0.5) is 0 Å². The number of methoxy groups -OCH3 is 1. The van der Waals surface area contributed by atoms with Crippen LogP contribution in [0.15, 0.2) is 23.6 Å². The number of fused-ring (bicyclic) bond motifs is 1. The lowest BCUT2D eigenvalue weighted by atomic mass is 10.1. The molecule has 0 saturated heterocycles. The highest BCUT2D eigenvalue weighted by Crippen LogP contribution is 2.45. The van der Waals surface area contributed by atoms with Gasteiger partial charge in [-0.25, -0.2) is 0 Å². The standard InChI is InChI=1S/C15H14Cl2O3S/c1-18-11-3-6-21-15(11)14(17)9-7-12-13(8-10(9)16)20-5-2-4-19-12/h3,6-8,14H,2,4-5H2,1H3. The van der Waals surface area contributed by atoms with Gasteiger partial charge in [0, 0.05) is 17.5 Å². The Labute approximate surface area is 137 Å². The van der Waals surface area contributed by atoms with Crippen molar-refractivity contribution in [3.05, 3.63) is 39.0 Å². The van der Waals surface area contributed by atoms with Crippen molar-refractivity contribution in [3.63, 3.8) is 0 Å². The second-order valence-electron chi connectivity index (χ2n) is 4.59. The highest BCUT2D eigenvalue weighted by Gasteiger charge is 2.23. The molecule has 1 atom stereocenters. The summed E-state index contributed by atoms with van der Waals surface area (Å²) >= 11 is 14.5. The van der Waals surface area contributed by atoms with E-state index in [1.165, 1.54) is 11.3 Å². The minimum absolute atomic E-state index is 0.385. The van der Waals surface area contributed by atoms with Gasteiger partial charge in [0.2, 0.25) is 0 Å². The zero-order chi connectivity index (χ0) is 14.8. The van der Waals surface area contributed by atoms with Gasteiger partial charge in [0.25, 0.3) is 0 Å². The Morgan fingerprint density at radius 3 is 2.67 bits per heavy atom.